The maximum Gasteiger partial charge on any atom is 0.307 e. The number of hydrogen-bond acceptors (Lipinski definition) is 4. The number of carboxylic acids is 1. The summed E-state index contributed by atoms with van der Waals surface area (Å²) in [6.45, 7) is -0.302. The molecule has 0 saturated carbocycles. The zero-order chi connectivity index (χ0) is 11.4. The second-order valence-electron chi connectivity index (χ2n) is 3.25. The van der Waals surface area contributed by atoms with E-state index in [-0.39, 0.29) is 18.8 Å². The summed E-state index contributed by atoms with van der Waals surface area (Å²) in [7, 11) is 0. The summed E-state index contributed by atoms with van der Waals surface area (Å²) in [5.74, 6) is -0.991. The topological polar surface area (TPSA) is 104 Å². The molecule has 0 bridgehead atoms. The summed E-state index contributed by atoms with van der Waals surface area (Å²) in [4.78, 5) is 10.5. The SMILES string of the molecule is N[C@H](CO)c1cc(CC(=O)O)ccc1O. The van der Waals surface area contributed by atoms with Gasteiger partial charge in [0.25, 0.3) is 0 Å². The number of benzene rings is 1. The zero-order valence-corrected chi connectivity index (χ0v) is 8.05. The molecule has 0 unspecified atom stereocenters. The molecule has 0 fully saturated rings. The molecule has 1 aromatic carbocycles. The smallest absolute Gasteiger partial charge is 0.307 e. The molecule has 0 spiro atoms. The number of aliphatic hydroxyl groups is 1. The predicted molar refractivity (Wildman–Crippen MR) is 53.5 cm³/mol. The van der Waals surface area contributed by atoms with Crippen LogP contribution in [-0.2, 0) is 11.2 Å². The molecule has 1 atom stereocenters. The van der Waals surface area contributed by atoms with Gasteiger partial charge in [-0.2, -0.15) is 0 Å². The van der Waals surface area contributed by atoms with Gasteiger partial charge >= 0.3 is 5.97 Å². The lowest BCUT2D eigenvalue weighted by atomic mass is 10.0. The lowest BCUT2D eigenvalue weighted by Gasteiger charge is -2.11. The Hall–Kier alpha value is -1.59. The van der Waals surface area contributed by atoms with Crippen LogP contribution in [0.15, 0.2) is 18.2 Å². The second kappa shape index (κ2) is 4.77. The maximum atomic E-state index is 10.5. The molecule has 5 nitrogen and oxygen atoms in total. The minimum absolute atomic E-state index is 0.0364. The number of phenols is 1. The molecule has 0 radical (unpaired) electrons. The van der Waals surface area contributed by atoms with E-state index in [1.54, 1.807) is 0 Å². The Kier molecular flexibility index (Phi) is 3.65. The van der Waals surface area contributed by atoms with Crippen molar-refractivity contribution in [3.63, 3.8) is 0 Å². The van der Waals surface area contributed by atoms with Crippen LogP contribution in [0.5, 0.6) is 5.75 Å². The van der Waals surface area contributed by atoms with Crippen molar-refractivity contribution in [3.8, 4) is 5.75 Å². The molecule has 0 saturated heterocycles. The molecule has 0 aromatic heterocycles. The van der Waals surface area contributed by atoms with Crippen LogP contribution in [0, 0.1) is 0 Å². The molecular weight excluding hydrogens is 198 g/mol. The first-order valence-corrected chi connectivity index (χ1v) is 4.44. The highest BCUT2D eigenvalue weighted by Crippen LogP contribution is 2.23. The average Bonchev–Trinajstić information content (AvgIpc) is 2.19. The van der Waals surface area contributed by atoms with Crippen LogP contribution in [-0.4, -0.2) is 27.9 Å². The van der Waals surface area contributed by atoms with Gasteiger partial charge in [0.05, 0.1) is 19.1 Å². The third kappa shape index (κ3) is 2.93. The van der Waals surface area contributed by atoms with Gasteiger partial charge in [-0.1, -0.05) is 6.07 Å². The summed E-state index contributed by atoms with van der Waals surface area (Å²) < 4.78 is 0. The van der Waals surface area contributed by atoms with Gasteiger partial charge in [0, 0.05) is 5.56 Å². The molecule has 0 amide bonds. The molecule has 1 rings (SSSR count). The van der Waals surface area contributed by atoms with Crippen LogP contribution in [0.2, 0.25) is 0 Å². The normalized spacial score (nSPS) is 12.4. The van der Waals surface area contributed by atoms with Crippen LogP contribution in [0.1, 0.15) is 17.2 Å². The van der Waals surface area contributed by atoms with E-state index >= 15 is 0 Å². The molecule has 82 valence electrons. The minimum atomic E-state index is -0.954. The lowest BCUT2D eigenvalue weighted by Crippen LogP contribution is -2.15. The van der Waals surface area contributed by atoms with Crippen LogP contribution in [0.3, 0.4) is 0 Å². The number of phenolic OH excluding ortho intramolecular Hbond substituents is 1. The van der Waals surface area contributed by atoms with Crippen molar-refractivity contribution in [2.45, 2.75) is 12.5 Å². The summed E-state index contributed by atoms with van der Waals surface area (Å²) in [5.41, 5.74) is 6.44. The highest BCUT2D eigenvalue weighted by molar-refractivity contribution is 5.70. The fourth-order valence-corrected chi connectivity index (χ4v) is 1.28. The third-order valence-electron chi connectivity index (χ3n) is 2.04. The number of nitrogens with two attached hydrogens (primary N) is 1. The van der Waals surface area contributed by atoms with Gasteiger partial charge in [-0.05, 0) is 17.7 Å². The van der Waals surface area contributed by atoms with Gasteiger partial charge < -0.3 is 21.1 Å². The Morgan fingerprint density at radius 3 is 2.67 bits per heavy atom. The molecular formula is C10H13NO4. The largest absolute Gasteiger partial charge is 0.508 e. The molecule has 0 heterocycles. The molecule has 0 aliphatic carbocycles. The summed E-state index contributed by atoms with van der Waals surface area (Å²) in [6.07, 6.45) is -0.134. The van der Waals surface area contributed by atoms with Crippen LogP contribution < -0.4 is 5.73 Å². The predicted octanol–water partition coefficient (Wildman–Crippen LogP) is 0.0114. The van der Waals surface area contributed by atoms with Crippen molar-refractivity contribution in [1.82, 2.24) is 0 Å². The summed E-state index contributed by atoms with van der Waals surface area (Å²) in [6, 6.07) is 3.68. The van der Waals surface area contributed by atoms with E-state index in [1.165, 1.54) is 18.2 Å². The van der Waals surface area contributed by atoms with Crippen LogP contribution in [0.25, 0.3) is 0 Å². The fraction of sp³-hybridized carbons (Fsp3) is 0.300. The number of carbonyl (C=O) groups is 1. The minimum Gasteiger partial charge on any atom is -0.508 e. The highest BCUT2D eigenvalue weighted by atomic mass is 16.4. The van der Waals surface area contributed by atoms with Crippen LogP contribution >= 0.6 is 0 Å². The number of hydrogen-bond donors (Lipinski definition) is 4. The van der Waals surface area contributed by atoms with E-state index in [9.17, 15) is 9.90 Å². The molecule has 1 aromatic rings. The summed E-state index contributed by atoms with van der Waals surface area (Å²) >= 11 is 0. The van der Waals surface area contributed by atoms with Crippen molar-refractivity contribution in [1.29, 1.82) is 0 Å². The van der Waals surface area contributed by atoms with Crippen molar-refractivity contribution >= 4 is 5.97 Å². The van der Waals surface area contributed by atoms with Gasteiger partial charge in [-0.25, -0.2) is 0 Å². The van der Waals surface area contributed by atoms with E-state index in [4.69, 9.17) is 15.9 Å². The molecule has 0 aliphatic heterocycles. The van der Waals surface area contributed by atoms with Gasteiger partial charge in [0.15, 0.2) is 0 Å². The average molecular weight is 211 g/mol. The van der Waals surface area contributed by atoms with E-state index in [0.29, 0.717) is 11.1 Å². The Bertz CT molecular complexity index is 364. The number of rotatable bonds is 4. The van der Waals surface area contributed by atoms with Gasteiger partial charge in [-0.3, -0.25) is 4.79 Å². The first-order chi connectivity index (χ1) is 7.04. The number of aromatic hydroxyl groups is 1. The Balaban J connectivity index is 2.99. The lowest BCUT2D eigenvalue weighted by molar-refractivity contribution is -0.136. The standard InChI is InChI=1S/C10H13NO4/c11-8(5-12)7-3-6(4-10(14)15)1-2-9(7)13/h1-3,8,12-13H,4-5,11H2,(H,14,15)/t8-/m1/s1. The van der Waals surface area contributed by atoms with E-state index in [2.05, 4.69) is 0 Å². The number of aliphatic carboxylic acids is 1. The third-order valence-corrected chi connectivity index (χ3v) is 2.04. The van der Waals surface area contributed by atoms with Crippen molar-refractivity contribution in [2.75, 3.05) is 6.61 Å². The van der Waals surface area contributed by atoms with Crippen molar-refractivity contribution in [3.05, 3.63) is 29.3 Å². The molecule has 0 aliphatic rings. The Morgan fingerprint density at radius 1 is 1.47 bits per heavy atom. The monoisotopic (exact) mass is 211 g/mol. The Labute approximate surface area is 86.8 Å². The van der Waals surface area contributed by atoms with E-state index in [0.717, 1.165) is 0 Å². The quantitative estimate of drug-likeness (QED) is 0.561. The highest BCUT2D eigenvalue weighted by Gasteiger charge is 2.11. The Morgan fingerprint density at radius 2 is 2.13 bits per heavy atom. The summed E-state index contributed by atoms with van der Waals surface area (Å²) in [5, 5.41) is 26.8. The van der Waals surface area contributed by atoms with E-state index in [1.807, 2.05) is 0 Å². The van der Waals surface area contributed by atoms with Crippen molar-refractivity contribution in [2.24, 2.45) is 5.73 Å². The first kappa shape index (κ1) is 11.5. The maximum absolute atomic E-state index is 10.5. The van der Waals surface area contributed by atoms with Crippen LogP contribution in [0.4, 0.5) is 0 Å². The molecule has 5 N–H and O–H groups in total. The molecule has 5 heteroatoms. The fourth-order valence-electron chi connectivity index (χ4n) is 1.28. The first-order valence-electron chi connectivity index (χ1n) is 4.44. The number of aliphatic hydroxyl groups excluding tert-OH is 1. The van der Waals surface area contributed by atoms with E-state index < -0.39 is 12.0 Å². The van der Waals surface area contributed by atoms with Gasteiger partial charge in [-0.15, -0.1) is 0 Å². The van der Waals surface area contributed by atoms with Gasteiger partial charge in [0.1, 0.15) is 5.75 Å². The van der Waals surface area contributed by atoms with Gasteiger partial charge in [0.2, 0.25) is 0 Å². The number of carboxylic acid groups (broad SMARTS) is 1. The molecule has 15 heavy (non-hydrogen) atoms. The second-order valence-corrected chi connectivity index (χ2v) is 3.25. The zero-order valence-electron chi connectivity index (χ0n) is 8.05. The van der Waals surface area contributed by atoms with Crippen molar-refractivity contribution < 1.29 is 20.1 Å².